The normalized spacial score (nSPS) is 11.7. The molecule has 3 aromatic rings. The second-order valence-electron chi connectivity index (χ2n) is 6.99. The zero-order chi connectivity index (χ0) is 20.1. The minimum atomic E-state index is -0.240. The lowest BCUT2D eigenvalue weighted by Crippen LogP contribution is -2.32. The molecule has 2 N–H and O–H groups in total. The third-order valence-electron chi connectivity index (χ3n) is 4.91. The molecule has 2 amide bonds. The lowest BCUT2D eigenvalue weighted by Gasteiger charge is -2.23. The van der Waals surface area contributed by atoms with Gasteiger partial charge in [-0.1, -0.05) is 42.5 Å². The highest BCUT2D eigenvalue weighted by Crippen LogP contribution is 2.26. The van der Waals surface area contributed by atoms with Crippen LogP contribution in [0.4, 0.5) is 16.2 Å². The van der Waals surface area contributed by atoms with Gasteiger partial charge >= 0.3 is 6.03 Å². The van der Waals surface area contributed by atoms with Gasteiger partial charge in [0.05, 0.1) is 23.6 Å². The van der Waals surface area contributed by atoms with E-state index in [4.69, 9.17) is 0 Å². The van der Waals surface area contributed by atoms with Gasteiger partial charge in [0.15, 0.2) is 0 Å². The Morgan fingerprint density at radius 1 is 1.14 bits per heavy atom. The van der Waals surface area contributed by atoms with Gasteiger partial charge in [-0.2, -0.15) is 5.10 Å². The van der Waals surface area contributed by atoms with Gasteiger partial charge in [-0.25, -0.2) is 4.79 Å². The first-order chi connectivity index (χ1) is 13.5. The van der Waals surface area contributed by atoms with Crippen LogP contribution in [0.25, 0.3) is 0 Å². The molecule has 3 rings (SSSR count). The molecule has 0 spiro atoms. The zero-order valence-electron chi connectivity index (χ0n) is 16.8. The van der Waals surface area contributed by atoms with Gasteiger partial charge in [-0.15, -0.1) is 0 Å². The van der Waals surface area contributed by atoms with Gasteiger partial charge in [0.25, 0.3) is 0 Å². The third-order valence-corrected chi connectivity index (χ3v) is 4.91. The minimum absolute atomic E-state index is 0.136. The molecule has 0 aliphatic rings. The molecule has 0 bridgehead atoms. The highest BCUT2D eigenvalue weighted by Gasteiger charge is 2.16. The molecule has 6 nitrogen and oxygen atoms in total. The summed E-state index contributed by atoms with van der Waals surface area (Å²) in [5.41, 5.74) is 4.99. The Morgan fingerprint density at radius 3 is 2.50 bits per heavy atom. The first-order valence-electron chi connectivity index (χ1n) is 9.36. The summed E-state index contributed by atoms with van der Waals surface area (Å²) < 4.78 is 1.80. The topological polar surface area (TPSA) is 62.2 Å². The van der Waals surface area contributed by atoms with Crippen molar-refractivity contribution in [3.05, 3.63) is 77.6 Å². The van der Waals surface area contributed by atoms with E-state index in [9.17, 15) is 4.79 Å². The fraction of sp³-hybridized carbons (Fsp3) is 0.273. The van der Waals surface area contributed by atoms with E-state index >= 15 is 0 Å². The van der Waals surface area contributed by atoms with Gasteiger partial charge in [0, 0.05) is 31.9 Å². The van der Waals surface area contributed by atoms with Crippen molar-refractivity contribution in [2.45, 2.75) is 26.4 Å². The largest absolute Gasteiger partial charge is 0.369 e. The van der Waals surface area contributed by atoms with Gasteiger partial charge < -0.3 is 15.5 Å². The van der Waals surface area contributed by atoms with Gasteiger partial charge in [-0.3, -0.25) is 4.68 Å². The first-order valence-corrected chi connectivity index (χ1v) is 9.36. The number of benzene rings is 2. The summed E-state index contributed by atoms with van der Waals surface area (Å²) in [6.45, 7) is 4.70. The van der Waals surface area contributed by atoms with E-state index in [0.717, 1.165) is 29.2 Å². The van der Waals surface area contributed by atoms with E-state index in [2.05, 4.69) is 32.8 Å². The highest BCUT2D eigenvalue weighted by molar-refractivity contribution is 5.93. The number of carbonyl (C=O) groups excluding carboxylic acids is 1. The molecule has 28 heavy (non-hydrogen) atoms. The maximum atomic E-state index is 12.6. The van der Waals surface area contributed by atoms with Crippen LogP contribution in [0.15, 0.2) is 60.8 Å². The minimum Gasteiger partial charge on any atom is -0.369 e. The number of para-hydroxylation sites is 2. The second-order valence-corrected chi connectivity index (χ2v) is 6.99. The van der Waals surface area contributed by atoms with E-state index in [1.807, 2.05) is 70.4 Å². The number of aryl methyl sites for hydroxylation is 1. The number of amides is 2. The van der Waals surface area contributed by atoms with Crippen LogP contribution in [-0.2, 0) is 13.6 Å². The molecule has 0 aliphatic carbocycles. The summed E-state index contributed by atoms with van der Waals surface area (Å²) in [7, 11) is 3.91. The van der Waals surface area contributed by atoms with E-state index < -0.39 is 0 Å². The summed E-state index contributed by atoms with van der Waals surface area (Å²) in [6, 6.07) is 17.7. The maximum absolute atomic E-state index is 12.6. The lowest BCUT2D eigenvalue weighted by molar-refractivity contribution is 0.249. The van der Waals surface area contributed by atoms with Crippen molar-refractivity contribution in [3.63, 3.8) is 0 Å². The Hall–Kier alpha value is -3.28. The molecule has 2 aromatic carbocycles. The summed E-state index contributed by atoms with van der Waals surface area (Å²) in [5, 5.41) is 10.2. The van der Waals surface area contributed by atoms with E-state index in [-0.39, 0.29) is 12.1 Å². The van der Waals surface area contributed by atoms with Crippen molar-refractivity contribution in [1.82, 2.24) is 15.1 Å². The SMILES string of the molecule is Cc1c(C(C)NC(=O)Nc2ccccc2N(C)Cc2ccccc2)cnn1C. The standard InChI is InChI=1S/C22H27N5O/c1-16(19-14-23-27(4)17(19)2)24-22(28)25-20-12-8-9-13-21(20)26(3)15-18-10-6-5-7-11-18/h5-14,16H,15H2,1-4H3,(H2,24,25,28). The van der Waals surface area contributed by atoms with Crippen LogP contribution in [0.3, 0.4) is 0 Å². The van der Waals surface area contributed by atoms with Crippen molar-refractivity contribution in [2.24, 2.45) is 7.05 Å². The Bertz CT molecular complexity index is 935. The van der Waals surface area contributed by atoms with Gasteiger partial charge in [0.2, 0.25) is 0 Å². The molecule has 0 fully saturated rings. The smallest absolute Gasteiger partial charge is 0.319 e. The van der Waals surface area contributed by atoms with Crippen molar-refractivity contribution in [3.8, 4) is 0 Å². The predicted molar refractivity (Wildman–Crippen MR) is 114 cm³/mol. The molecule has 1 aromatic heterocycles. The summed E-state index contributed by atoms with van der Waals surface area (Å²) in [4.78, 5) is 14.7. The molecule has 1 atom stereocenters. The van der Waals surface area contributed by atoms with Crippen LogP contribution >= 0.6 is 0 Å². The zero-order valence-corrected chi connectivity index (χ0v) is 16.8. The maximum Gasteiger partial charge on any atom is 0.319 e. The number of hydrogen-bond acceptors (Lipinski definition) is 3. The lowest BCUT2D eigenvalue weighted by atomic mass is 10.1. The number of carbonyl (C=O) groups is 1. The molecule has 0 aliphatic heterocycles. The first kappa shape index (κ1) is 19.5. The van der Waals surface area contributed by atoms with Gasteiger partial charge in [0.1, 0.15) is 0 Å². The van der Waals surface area contributed by atoms with Crippen molar-refractivity contribution < 1.29 is 4.79 Å². The molecule has 6 heteroatoms. The monoisotopic (exact) mass is 377 g/mol. The Morgan fingerprint density at radius 2 is 1.82 bits per heavy atom. The number of nitrogens with one attached hydrogen (secondary N) is 2. The van der Waals surface area contributed by atoms with Crippen LogP contribution in [-0.4, -0.2) is 22.9 Å². The van der Waals surface area contributed by atoms with Crippen molar-refractivity contribution >= 4 is 17.4 Å². The molecular formula is C22H27N5O. The highest BCUT2D eigenvalue weighted by atomic mass is 16.2. The van der Waals surface area contributed by atoms with Crippen LogP contribution in [0.1, 0.15) is 29.8 Å². The van der Waals surface area contributed by atoms with E-state index in [1.54, 1.807) is 10.9 Å². The number of hydrogen-bond donors (Lipinski definition) is 2. The summed E-state index contributed by atoms with van der Waals surface area (Å²) in [5.74, 6) is 0. The number of aromatic nitrogens is 2. The second kappa shape index (κ2) is 8.61. The van der Waals surface area contributed by atoms with Crippen LogP contribution < -0.4 is 15.5 Å². The van der Waals surface area contributed by atoms with Crippen molar-refractivity contribution in [1.29, 1.82) is 0 Å². The Kier molecular flexibility index (Phi) is 5.99. The molecule has 146 valence electrons. The van der Waals surface area contributed by atoms with Crippen molar-refractivity contribution in [2.75, 3.05) is 17.3 Å². The fourth-order valence-electron chi connectivity index (χ4n) is 3.23. The molecule has 1 unspecified atom stereocenters. The van der Waals surface area contributed by atoms with Gasteiger partial charge in [-0.05, 0) is 31.5 Å². The molecule has 1 heterocycles. The predicted octanol–water partition coefficient (Wildman–Crippen LogP) is 4.25. The quantitative estimate of drug-likeness (QED) is 0.675. The van der Waals surface area contributed by atoms with E-state index in [0.29, 0.717) is 0 Å². The molecule has 0 radical (unpaired) electrons. The number of urea groups is 1. The average molecular weight is 377 g/mol. The van der Waals surface area contributed by atoms with Crippen LogP contribution in [0.2, 0.25) is 0 Å². The average Bonchev–Trinajstić information content (AvgIpc) is 3.01. The fourth-order valence-corrected chi connectivity index (χ4v) is 3.23. The van der Waals surface area contributed by atoms with Crippen LogP contribution in [0, 0.1) is 6.92 Å². The number of anilines is 2. The van der Waals surface area contributed by atoms with Crippen LogP contribution in [0.5, 0.6) is 0 Å². The molecule has 0 saturated heterocycles. The third kappa shape index (κ3) is 4.52. The summed E-state index contributed by atoms with van der Waals surface area (Å²) in [6.07, 6.45) is 1.79. The Labute approximate surface area is 166 Å². The summed E-state index contributed by atoms with van der Waals surface area (Å²) >= 11 is 0. The Balaban J connectivity index is 1.68. The number of nitrogens with zero attached hydrogens (tertiary/aromatic N) is 3. The molecule has 0 saturated carbocycles. The van der Waals surface area contributed by atoms with E-state index in [1.165, 1.54) is 5.56 Å². The molecular weight excluding hydrogens is 350 g/mol. The number of rotatable bonds is 6.